The molecule has 0 saturated carbocycles. The van der Waals surface area contributed by atoms with Gasteiger partial charge in [-0.15, -0.1) is 0 Å². The van der Waals surface area contributed by atoms with Crippen molar-refractivity contribution in [2.75, 3.05) is 13.2 Å². The summed E-state index contributed by atoms with van der Waals surface area (Å²) in [6.45, 7) is 1.75. The first-order valence-electron chi connectivity index (χ1n) is 6.96. The molecule has 0 unspecified atom stereocenters. The Bertz CT molecular complexity index is 531. The van der Waals surface area contributed by atoms with Gasteiger partial charge < -0.3 is 19.5 Å². The molecule has 0 saturated heterocycles. The molecule has 4 nitrogen and oxygen atoms in total. The molecule has 0 atom stereocenters. The summed E-state index contributed by atoms with van der Waals surface area (Å²) in [5, 5.41) is 18.2. The Labute approximate surface area is 125 Å². The Kier molecular flexibility index (Phi) is 6.28. The highest BCUT2D eigenvalue weighted by molar-refractivity contribution is 6.58. The van der Waals surface area contributed by atoms with E-state index in [-0.39, 0.29) is 0 Å². The molecule has 21 heavy (non-hydrogen) atoms. The van der Waals surface area contributed by atoms with E-state index in [4.69, 9.17) is 19.5 Å². The molecular weight excluding hydrogens is 267 g/mol. The highest BCUT2D eigenvalue weighted by Crippen LogP contribution is 2.08. The van der Waals surface area contributed by atoms with Gasteiger partial charge in [-0.25, -0.2) is 0 Å². The fourth-order valence-corrected chi connectivity index (χ4v) is 1.88. The third kappa shape index (κ3) is 5.59. The van der Waals surface area contributed by atoms with E-state index in [1.165, 1.54) is 0 Å². The summed E-state index contributed by atoms with van der Waals surface area (Å²) in [5.74, 6) is 0.628. The quantitative estimate of drug-likeness (QED) is 0.568. The highest BCUT2D eigenvalue weighted by Gasteiger charge is 2.10. The standard InChI is InChI=1S/C16H19BO4/c18-17(19)15-8-4-9-16(12-15)21-11-5-10-20-13-14-6-2-1-3-7-14/h1-4,6-9,12,18-19H,5,10-11,13H2. The van der Waals surface area contributed by atoms with Crippen LogP contribution in [0.2, 0.25) is 0 Å². The number of rotatable bonds is 8. The molecule has 0 spiro atoms. The number of hydrogen-bond donors (Lipinski definition) is 2. The van der Waals surface area contributed by atoms with Crippen molar-refractivity contribution in [3.63, 3.8) is 0 Å². The van der Waals surface area contributed by atoms with E-state index in [1.807, 2.05) is 30.3 Å². The molecule has 110 valence electrons. The lowest BCUT2D eigenvalue weighted by atomic mass is 9.80. The van der Waals surface area contributed by atoms with Gasteiger partial charge in [0, 0.05) is 6.42 Å². The first kappa shape index (κ1) is 15.6. The van der Waals surface area contributed by atoms with Crippen molar-refractivity contribution >= 4 is 12.6 Å². The predicted octanol–water partition coefficient (Wildman–Crippen LogP) is 1.35. The molecule has 0 aliphatic carbocycles. The van der Waals surface area contributed by atoms with Crippen LogP contribution in [0.4, 0.5) is 0 Å². The summed E-state index contributed by atoms with van der Waals surface area (Å²) in [7, 11) is -1.47. The van der Waals surface area contributed by atoms with Crippen LogP contribution in [0.25, 0.3) is 0 Å². The molecule has 2 N–H and O–H groups in total. The van der Waals surface area contributed by atoms with E-state index >= 15 is 0 Å². The zero-order valence-electron chi connectivity index (χ0n) is 11.8. The highest BCUT2D eigenvalue weighted by atomic mass is 16.5. The molecule has 0 bridgehead atoms. The second kappa shape index (κ2) is 8.47. The second-order valence-corrected chi connectivity index (χ2v) is 4.69. The third-order valence-corrected chi connectivity index (χ3v) is 2.97. The maximum absolute atomic E-state index is 9.08. The molecule has 2 rings (SSSR count). The molecular formula is C16H19BO4. The lowest BCUT2D eigenvalue weighted by molar-refractivity contribution is 0.107. The number of benzene rings is 2. The van der Waals surface area contributed by atoms with E-state index in [2.05, 4.69) is 0 Å². The van der Waals surface area contributed by atoms with Gasteiger partial charge in [-0.3, -0.25) is 0 Å². The Morgan fingerprint density at radius 1 is 0.905 bits per heavy atom. The molecule has 0 fully saturated rings. The molecule has 2 aromatic rings. The van der Waals surface area contributed by atoms with Crippen molar-refractivity contribution in [1.82, 2.24) is 0 Å². The van der Waals surface area contributed by atoms with Crippen molar-refractivity contribution in [2.45, 2.75) is 13.0 Å². The predicted molar refractivity (Wildman–Crippen MR) is 82.5 cm³/mol. The van der Waals surface area contributed by atoms with Crippen LogP contribution in [0.5, 0.6) is 5.75 Å². The van der Waals surface area contributed by atoms with Gasteiger partial charge in [0.2, 0.25) is 0 Å². The van der Waals surface area contributed by atoms with E-state index in [9.17, 15) is 0 Å². The Morgan fingerprint density at radius 3 is 2.48 bits per heavy atom. The van der Waals surface area contributed by atoms with Gasteiger partial charge >= 0.3 is 7.12 Å². The zero-order chi connectivity index (χ0) is 14.9. The van der Waals surface area contributed by atoms with Crippen LogP contribution < -0.4 is 10.2 Å². The zero-order valence-corrected chi connectivity index (χ0v) is 11.8. The Morgan fingerprint density at radius 2 is 1.71 bits per heavy atom. The average molecular weight is 286 g/mol. The molecule has 0 aromatic heterocycles. The molecule has 2 aromatic carbocycles. The van der Waals surface area contributed by atoms with Gasteiger partial charge in [-0.05, 0) is 23.2 Å². The molecule has 0 amide bonds. The minimum atomic E-state index is -1.47. The lowest BCUT2D eigenvalue weighted by Crippen LogP contribution is -2.29. The monoisotopic (exact) mass is 286 g/mol. The summed E-state index contributed by atoms with van der Waals surface area (Å²) in [6, 6.07) is 16.8. The normalized spacial score (nSPS) is 10.4. The van der Waals surface area contributed by atoms with Crippen molar-refractivity contribution in [1.29, 1.82) is 0 Å². The second-order valence-electron chi connectivity index (χ2n) is 4.69. The minimum absolute atomic E-state index is 0.424. The lowest BCUT2D eigenvalue weighted by Gasteiger charge is -2.08. The van der Waals surface area contributed by atoms with Gasteiger partial charge in [0.05, 0.1) is 19.8 Å². The topological polar surface area (TPSA) is 58.9 Å². The van der Waals surface area contributed by atoms with Gasteiger partial charge in [0.25, 0.3) is 0 Å². The fourth-order valence-electron chi connectivity index (χ4n) is 1.88. The first-order chi connectivity index (χ1) is 10.3. The molecule has 0 aliphatic rings. The van der Waals surface area contributed by atoms with Crippen LogP contribution in [-0.2, 0) is 11.3 Å². The summed E-state index contributed by atoms with van der Waals surface area (Å²) < 4.78 is 11.1. The van der Waals surface area contributed by atoms with Crippen LogP contribution in [0.3, 0.4) is 0 Å². The van der Waals surface area contributed by atoms with Gasteiger partial charge in [0.1, 0.15) is 5.75 Å². The summed E-state index contributed by atoms with van der Waals surface area (Å²) >= 11 is 0. The summed E-state index contributed by atoms with van der Waals surface area (Å²) in [5.41, 5.74) is 1.58. The SMILES string of the molecule is OB(O)c1cccc(OCCCOCc2ccccc2)c1. The molecule has 0 heterocycles. The number of hydrogen-bond acceptors (Lipinski definition) is 4. The van der Waals surface area contributed by atoms with Crippen LogP contribution in [-0.4, -0.2) is 30.4 Å². The smallest absolute Gasteiger partial charge is 0.488 e. The van der Waals surface area contributed by atoms with E-state index in [0.29, 0.717) is 31.0 Å². The van der Waals surface area contributed by atoms with Crippen molar-refractivity contribution in [3.05, 3.63) is 60.2 Å². The van der Waals surface area contributed by atoms with Crippen molar-refractivity contribution in [3.8, 4) is 5.75 Å². The maximum Gasteiger partial charge on any atom is 0.488 e. The van der Waals surface area contributed by atoms with Crippen LogP contribution in [0.1, 0.15) is 12.0 Å². The van der Waals surface area contributed by atoms with Gasteiger partial charge in [0.15, 0.2) is 0 Å². The van der Waals surface area contributed by atoms with Crippen LogP contribution in [0, 0.1) is 0 Å². The molecule has 0 radical (unpaired) electrons. The van der Waals surface area contributed by atoms with E-state index in [0.717, 1.165) is 12.0 Å². The third-order valence-electron chi connectivity index (χ3n) is 2.97. The summed E-state index contributed by atoms with van der Waals surface area (Å²) in [4.78, 5) is 0. The maximum atomic E-state index is 9.08. The van der Waals surface area contributed by atoms with Gasteiger partial charge in [-0.1, -0.05) is 42.5 Å². The first-order valence-corrected chi connectivity index (χ1v) is 6.96. The van der Waals surface area contributed by atoms with Crippen LogP contribution in [0.15, 0.2) is 54.6 Å². The van der Waals surface area contributed by atoms with E-state index in [1.54, 1.807) is 24.3 Å². The summed E-state index contributed by atoms with van der Waals surface area (Å²) in [6.07, 6.45) is 0.777. The Hall–Kier alpha value is -1.82. The number of ether oxygens (including phenoxy) is 2. The van der Waals surface area contributed by atoms with Gasteiger partial charge in [-0.2, -0.15) is 0 Å². The minimum Gasteiger partial charge on any atom is -0.494 e. The molecule has 0 aliphatic heterocycles. The molecule has 5 heteroatoms. The largest absolute Gasteiger partial charge is 0.494 e. The fraction of sp³-hybridized carbons (Fsp3) is 0.250. The van der Waals surface area contributed by atoms with Crippen molar-refractivity contribution in [2.24, 2.45) is 0 Å². The average Bonchev–Trinajstić information content (AvgIpc) is 2.52. The van der Waals surface area contributed by atoms with E-state index < -0.39 is 7.12 Å². The van der Waals surface area contributed by atoms with Crippen LogP contribution >= 0.6 is 0 Å². The van der Waals surface area contributed by atoms with Crippen molar-refractivity contribution < 1.29 is 19.5 Å². The Balaban J connectivity index is 1.62.